The van der Waals surface area contributed by atoms with Crippen LogP contribution in [0.25, 0.3) is 0 Å². The first kappa shape index (κ1) is 16.9. The molecule has 1 aliphatic rings. The first-order valence-corrected chi connectivity index (χ1v) is 7.79. The number of aliphatic hydroxyl groups is 1. The molecule has 0 saturated carbocycles. The molecule has 0 aromatic rings. The van der Waals surface area contributed by atoms with Gasteiger partial charge in [-0.2, -0.15) is 0 Å². The van der Waals surface area contributed by atoms with E-state index in [1.807, 2.05) is 0 Å². The van der Waals surface area contributed by atoms with E-state index in [2.05, 4.69) is 49.7 Å². The Morgan fingerprint density at radius 3 is 2.47 bits per heavy atom. The summed E-state index contributed by atoms with van der Waals surface area (Å²) in [6.45, 7) is 16.6. The van der Waals surface area contributed by atoms with Crippen molar-refractivity contribution >= 4 is 0 Å². The van der Waals surface area contributed by atoms with E-state index in [0.29, 0.717) is 12.1 Å². The van der Waals surface area contributed by atoms with E-state index in [9.17, 15) is 5.11 Å². The lowest BCUT2D eigenvalue weighted by molar-refractivity contribution is 0.118. The Morgan fingerprint density at radius 2 is 2.00 bits per heavy atom. The number of aliphatic hydroxyl groups excluding tert-OH is 1. The number of rotatable bonds is 8. The molecule has 4 heteroatoms. The third kappa shape index (κ3) is 5.03. The lowest BCUT2D eigenvalue weighted by Gasteiger charge is -2.35. The van der Waals surface area contributed by atoms with E-state index in [4.69, 9.17) is 0 Å². The summed E-state index contributed by atoms with van der Waals surface area (Å²) in [6, 6.07) is 1.09. The molecular formula is C15H33N3O. The monoisotopic (exact) mass is 271 g/mol. The highest BCUT2D eigenvalue weighted by Crippen LogP contribution is 2.18. The predicted molar refractivity (Wildman–Crippen MR) is 81.5 cm³/mol. The van der Waals surface area contributed by atoms with Crippen molar-refractivity contribution in [1.82, 2.24) is 15.1 Å². The molecule has 0 bridgehead atoms. The van der Waals surface area contributed by atoms with Crippen molar-refractivity contribution in [3.8, 4) is 0 Å². The van der Waals surface area contributed by atoms with Gasteiger partial charge in [0.2, 0.25) is 0 Å². The summed E-state index contributed by atoms with van der Waals surface area (Å²) < 4.78 is 0. The van der Waals surface area contributed by atoms with E-state index in [0.717, 1.165) is 32.7 Å². The van der Waals surface area contributed by atoms with E-state index < -0.39 is 0 Å². The predicted octanol–water partition coefficient (Wildman–Crippen LogP) is 1.15. The summed E-state index contributed by atoms with van der Waals surface area (Å²) in [7, 11) is 0. The van der Waals surface area contributed by atoms with Gasteiger partial charge in [0.1, 0.15) is 0 Å². The van der Waals surface area contributed by atoms with E-state index >= 15 is 0 Å². The summed E-state index contributed by atoms with van der Waals surface area (Å²) in [5, 5.41) is 13.2. The second-order valence-corrected chi connectivity index (χ2v) is 6.42. The molecule has 0 aliphatic carbocycles. The zero-order valence-electron chi connectivity index (χ0n) is 13.4. The molecule has 1 saturated heterocycles. The largest absolute Gasteiger partial charge is 0.394 e. The van der Waals surface area contributed by atoms with E-state index in [1.54, 1.807) is 0 Å². The maximum Gasteiger partial charge on any atom is 0.0623 e. The number of hydrogen-bond donors (Lipinski definition) is 2. The fraction of sp³-hybridized carbons (Fsp3) is 1.00. The van der Waals surface area contributed by atoms with Crippen molar-refractivity contribution in [3.63, 3.8) is 0 Å². The number of nitrogens with one attached hydrogen (secondary N) is 1. The van der Waals surface area contributed by atoms with Crippen LogP contribution in [0.5, 0.6) is 0 Å². The number of hydrogen-bond acceptors (Lipinski definition) is 4. The van der Waals surface area contributed by atoms with Crippen LogP contribution >= 0.6 is 0 Å². The Bertz CT molecular complexity index is 256. The second kappa shape index (κ2) is 7.58. The molecule has 0 spiro atoms. The fourth-order valence-corrected chi connectivity index (χ4v) is 3.33. The third-order valence-electron chi connectivity index (χ3n) is 4.13. The summed E-state index contributed by atoms with van der Waals surface area (Å²) in [5.41, 5.74) is -0.188. The van der Waals surface area contributed by atoms with Crippen molar-refractivity contribution in [2.75, 3.05) is 39.3 Å². The first-order valence-electron chi connectivity index (χ1n) is 7.79. The lowest BCUT2D eigenvalue weighted by Crippen LogP contribution is -2.56. The fourth-order valence-electron chi connectivity index (χ4n) is 3.33. The number of nitrogens with zero attached hydrogens (tertiary/aromatic N) is 2. The quantitative estimate of drug-likeness (QED) is 0.695. The molecule has 1 rings (SSSR count). The van der Waals surface area contributed by atoms with E-state index in [-0.39, 0.29) is 12.1 Å². The number of likely N-dealkylation sites (N-methyl/N-ethyl adjacent to an activating group) is 1. The molecule has 0 aromatic carbocycles. The van der Waals surface area contributed by atoms with Gasteiger partial charge in [-0.05, 0) is 33.0 Å². The summed E-state index contributed by atoms with van der Waals surface area (Å²) in [6.07, 6.45) is 1.25. The van der Waals surface area contributed by atoms with Gasteiger partial charge in [-0.25, -0.2) is 0 Å². The van der Waals surface area contributed by atoms with Crippen LogP contribution in [0.4, 0.5) is 0 Å². The van der Waals surface area contributed by atoms with Crippen LogP contribution in [-0.4, -0.2) is 71.9 Å². The molecule has 114 valence electrons. The third-order valence-corrected chi connectivity index (χ3v) is 4.13. The maximum absolute atomic E-state index is 9.66. The van der Waals surface area contributed by atoms with Gasteiger partial charge < -0.3 is 10.4 Å². The molecule has 2 atom stereocenters. The molecule has 0 amide bonds. The van der Waals surface area contributed by atoms with E-state index in [1.165, 1.54) is 6.42 Å². The Balaban J connectivity index is 2.50. The van der Waals surface area contributed by atoms with Crippen LogP contribution in [0, 0.1) is 0 Å². The molecule has 0 radical (unpaired) electrons. The van der Waals surface area contributed by atoms with Crippen molar-refractivity contribution in [1.29, 1.82) is 0 Å². The molecule has 19 heavy (non-hydrogen) atoms. The topological polar surface area (TPSA) is 38.7 Å². The highest BCUT2D eigenvalue weighted by Gasteiger charge is 2.32. The van der Waals surface area contributed by atoms with Crippen LogP contribution in [0.15, 0.2) is 0 Å². The van der Waals surface area contributed by atoms with Crippen molar-refractivity contribution in [2.45, 2.75) is 58.7 Å². The second-order valence-electron chi connectivity index (χ2n) is 6.42. The van der Waals surface area contributed by atoms with Gasteiger partial charge in [0.05, 0.1) is 12.1 Å². The first-order chi connectivity index (χ1) is 8.94. The highest BCUT2D eigenvalue weighted by molar-refractivity contribution is 4.92. The van der Waals surface area contributed by atoms with Crippen molar-refractivity contribution in [2.24, 2.45) is 0 Å². The van der Waals surface area contributed by atoms with Crippen LogP contribution in [0.1, 0.15) is 41.0 Å². The lowest BCUT2D eigenvalue weighted by atomic mass is 10.0. The SMILES string of the molecule is CCN(CC)C1CCN(CC(C)(CO)NC(C)C)C1. The average Bonchev–Trinajstić information content (AvgIpc) is 2.78. The summed E-state index contributed by atoms with van der Waals surface area (Å²) in [4.78, 5) is 5.04. The molecule has 0 aromatic heterocycles. The molecule has 1 fully saturated rings. The highest BCUT2D eigenvalue weighted by atomic mass is 16.3. The minimum Gasteiger partial charge on any atom is -0.394 e. The Kier molecular flexibility index (Phi) is 6.74. The summed E-state index contributed by atoms with van der Waals surface area (Å²) in [5.74, 6) is 0. The minimum atomic E-state index is -0.188. The van der Waals surface area contributed by atoms with Gasteiger partial charge in [0.15, 0.2) is 0 Å². The van der Waals surface area contributed by atoms with Gasteiger partial charge in [-0.3, -0.25) is 9.80 Å². The smallest absolute Gasteiger partial charge is 0.0623 e. The average molecular weight is 271 g/mol. The van der Waals surface area contributed by atoms with Crippen LogP contribution < -0.4 is 5.32 Å². The standard InChI is InChI=1S/C15H33N3O/c1-6-18(7-2)14-8-9-17(10-14)11-15(5,12-19)16-13(3)4/h13-14,16,19H,6-12H2,1-5H3. The van der Waals surface area contributed by atoms with Crippen LogP contribution in [-0.2, 0) is 0 Å². The van der Waals surface area contributed by atoms with Gasteiger partial charge in [0, 0.05) is 25.2 Å². The maximum atomic E-state index is 9.66. The molecular weight excluding hydrogens is 238 g/mol. The minimum absolute atomic E-state index is 0.188. The van der Waals surface area contributed by atoms with Gasteiger partial charge in [0.25, 0.3) is 0 Å². The molecule has 1 heterocycles. The van der Waals surface area contributed by atoms with Gasteiger partial charge in [-0.15, -0.1) is 0 Å². The Hall–Kier alpha value is -0.160. The Morgan fingerprint density at radius 1 is 1.37 bits per heavy atom. The molecule has 4 nitrogen and oxygen atoms in total. The summed E-state index contributed by atoms with van der Waals surface area (Å²) >= 11 is 0. The molecule has 1 aliphatic heterocycles. The normalized spacial score (nSPS) is 24.3. The van der Waals surface area contributed by atoms with Crippen LogP contribution in [0.2, 0.25) is 0 Å². The van der Waals surface area contributed by atoms with Crippen LogP contribution in [0.3, 0.4) is 0 Å². The van der Waals surface area contributed by atoms with Crippen molar-refractivity contribution < 1.29 is 5.11 Å². The molecule has 2 unspecified atom stereocenters. The Labute approximate surface area is 119 Å². The zero-order chi connectivity index (χ0) is 14.5. The van der Waals surface area contributed by atoms with Gasteiger partial charge in [-0.1, -0.05) is 27.7 Å². The molecule has 2 N–H and O–H groups in total. The number of likely N-dealkylation sites (tertiary alicyclic amines) is 1. The zero-order valence-corrected chi connectivity index (χ0v) is 13.4. The van der Waals surface area contributed by atoms with Gasteiger partial charge >= 0.3 is 0 Å². The van der Waals surface area contributed by atoms with Crippen molar-refractivity contribution in [3.05, 3.63) is 0 Å².